The highest BCUT2D eigenvalue weighted by atomic mass is 19.4. The molecule has 0 spiro atoms. The fourth-order valence-corrected chi connectivity index (χ4v) is 5.40. The Hall–Kier alpha value is -3.55. The minimum Gasteiger partial charge on any atom is -0.494 e. The van der Waals surface area contributed by atoms with Gasteiger partial charge in [-0.25, -0.2) is 4.98 Å². The number of anilines is 1. The van der Waals surface area contributed by atoms with Gasteiger partial charge in [0.25, 0.3) is 0 Å². The third kappa shape index (κ3) is 6.54. The number of nitrogens with zero attached hydrogens (tertiary/aromatic N) is 2. The number of aliphatic carboxylic acids is 1. The van der Waals surface area contributed by atoms with E-state index < -0.39 is 23.6 Å². The number of carboxylic acid groups (broad SMARTS) is 1. The molecule has 5 nitrogen and oxygen atoms in total. The Labute approximate surface area is 227 Å². The second-order valence-electron chi connectivity index (χ2n) is 10.1. The van der Waals surface area contributed by atoms with E-state index in [0.717, 1.165) is 47.6 Å². The molecule has 0 saturated carbocycles. The lowest BCUT2D eigenvalue weighted by molar-refractivity contribution is -0.142. The Bertz CT molecular complexity index is 1290. The number of aryl methyl sites for hydroxylation is 2. The van der Waals surface area contributed by atoms with Gasteiger partial charge in [-0.15, -0.1) is 0 Å². The first-order chi connectivity index (χ1) is 18.6. The Balaban J connectivity index is 1.40. The average molecular weight is 541 g/mol. The van der Waals surface area contributed by atoms with Crippen LogP contribution < -0.4 is 9.64 Å². The predicted octanol–water partition coefficient (Wildman–Crippen LogP) is 7.38. The molecule has 0 fully saturated rings. The lowest BCUT2D eigenvalue weighted by Gasteiger charge is -2.23. The van der Waals surface area contributed by atoms with Crippen LogP contribution in [-0.4, -0.2) is 36.3 Å². The summed E-state index contributed by atoms with van der Waals surface area (Å²) < 4.78 is 47.3. The van der Waals surface area contributed by atoms with E-state index in [1.54, 1.807) is 7.05 Å². The number of alkyl halides is 3. The molecule has 208 valence electrons. The number of carboxylic acids is 1. The maximum Gasteiger partial charge on any atom is 0.419 e. The minimum atomic E-state index is -4.52. The van der Waals surface area contributed by atoms with Crippen LogP contribution in [0.3, 0.4) is 0 Å². The first-order valence-corrected chi connectivity index (χ1v) is 13.5. The van der Waals surface area contributed by atoms with Crippen LogP contribution in [0.1, 0.15) is 61.3 Å². The summed E-state index contributed by atoms with van der Waals surface area (Å²) in [6.45, 7) is 4.61. The Kier molecular flexibility index (Phi) is 8.83. The number of hydrogen-bond donors (Lipinski definition) is 1. The maximum atomic E-state index is 13.8. The number of carbonyl (C=O) groups is 1. The van der Waals surface area contributed by atoms with Crippen molar-refractivity contribution in [1.82, 2.24) is 4.98 Å². The van der Waals surface area contributed by atoms with Crippen molar-refractivity contribution in [1.29, 1.82) is 0 Å². The zero-order valence-corrected chi connectivity index (χ0v) is 22.6. The molecule has 1 aliphatic rings. The second-order valence-corrected chi connectivity index (χ2v) is 10.1. The minimum absolute atomic E-state index is 0.0147. The van der Waals surface area contributed by atoms with Crippen LogP contribution in [0.4, 0.5) is 19.0 Å². The predicted molar refractivity (Wildman–Crippen MR) is 146 cm³/mol. The van der Waals surface area contributed by atoms with Crippen LogP contribution in [0.2, 0.25) is 0 Å². The van der Waals surface area contributed by atoms with E-state index in [0.29, 0.717) is 37.4 Å². The van der Waals surface area contributed by atoms with Crippen LogP contribution in [0.5, 0.6) is 5.75 Å². The van der Waals surface area contributed by atoms with Crippen molar-refractivity contribution in [3.8, 4) is 17.0 Å². The molecule has 1 aromatic heterocycles. The molecule has 3 aromatic rings. The lowest BCUT2D eigenvalue weighted by Crippen LogP contribution is -2.25. The molecule has 2 aromatic carbocycles. The monoisotopic (exact) mass is 540 g/mol. The molecule has 0 bridgehead atoms. The molecular weight excluding hydrogens is 505 g/mol. The molecule has 1 aliphatic carbocycles. The van der Waals surface area contributed by atoms with Crippen molar-refractivity contribution < 1.29 is 27.8 Å². The lowest BCUT2D eigenvalue weighted by atomic mass is 9.85. The van der Waals surface area contributed by atoms with Gasteiger partial charge in [0.15, 0.2) is 0 Å². The summed E-state index contributed by atoms with van der Waals surface area (Å²) >= 11 is 0. The topological polar surface area (TPSA) is 62.7 Å². The van der Waals surface area contributed by atoms with E-state index >= 15 is 0 Å². The number of fused-ring (bicyclic) bond motifs is 1. The van der Waals surface area contributed by atoms with E-state index in [4.69, 9.17) is 4.74 Å². The van der Waals surface area contributed by atoms with Crippen molar-refractivity contribution in [2.75, 3.05) is 25.1 Å². The van der Waals surface area contributed by atoms with Crippen LogP contribution in [-0.2, 0) is 23.8 Å². The molecule has 0 radical (unpaired) electrons. The van der Waals surface area contributed by atoms with Gasteiger partial charge in [-0.05, 0) is 79.0 Å². The van der Waals surface area contributed by atoms with Gasteiger partial charge in [-0.2, -0.15) is 13.2 Å². The maximum absolute atomic E-state index is 13.8. The highest BCUT2D eigenvalue weighted by Gasteiger charge is 2.36. The fourth-order valence-electron chi connectivity index (χ4n) is 5.40. The summed E-state index contributed by atoms with van der Waals surface area (Å²) in [4.78, 5) is 17.6. The van der Waals surface area contributed by atoms with Gasteiger partial charge in [0.05, 0.1) is 23.8 Å². The molecule has 39 heavy (non-hydrogen) atoms. The van der Waals surface area contributed by atoms with E-state index in [9.17, 15) is 23.1 Å². The largest absolute Gasteiger partial charge is 0.494 e. The van der Waals surface area contributed by atoms with Crippen LogP contribution in [0, 0.1) is 5.92 Å². The number of benzene rings is 2. The molecule has 0 amide bonds. The number of halogens is 3. The number of pyridine rings is 1. The highest BCUT2D eigenvalue weighted by molar-refractivity contribution is 5.72. The summed E-state index contributed by atoms with van der Waals surface area (Å²) in [6, 6.07) is 16.0. The smallest absolute Gasteiger partial charge is 0.419 e. The van der Waals surface area contributed by atoms with E-state index in [1.165, 1.54) is 11.0 Å². The summed E-state index contributed by atoms with van der Waals surface area (Å²) in [6.07, 6.45) is -0.923. The second kappa shape index (κ2) is 12.1. The van der Waals surface area contributed by atoms with Crippen molar-refractivity contribution in [3.63, 3.8) is 0 Å². The van der Waals surface area contributed by atoms with E-state index in [2.05, 4.69) is 4.98 Å². The van der Waals surface area contributed by atoms with E-state index in [-0.39, 0.29) is 11.7 Å². The zero-order chi connectivity index (χ0) is 28.2. The van der Waals surface area contributed by atoms with Gasteiger partial charge in [0.2, 0.25) is 0 Å². The number of hydrogen-bond acceptors (Lipinski definition) is 4. The standard InChI is InChI=1S/C31H35F3N2O3/c1-4-20-7-9-21(10-8-20)28-16-15-27(31(32,33)34)29(35-28)36(3)17-6-18-39-23-12-14-25-22(19-23)11-13-26(25)24(5-2)30(37)38/h7-10,12,14-16,19,24,26H,4-6,11,13,17-18H2,1-3H3,(H,37,38)/t24?,26-/m0/s1. The van der Waals surface area contributed by atoms with E-state index in [1.807, 2.05) is 56.3 Å². The highest BCUT2D eigenvalue weighted by Crippen LogP contribution is 2.41. The quantitative estimate of drug-likeness (QED) is 0.257. The van der Waals surface area contributed by atoms with Crippen molar-refractivity contribution in [2.24, 2.45) is 5.92 Å². The average Bonchev–Trinajstić information content (AvgIpc) is 3.33. The zero-order valence-electron chi connectivity index (χ0n) is 22.6. The first-order valence-electron chi connectivity index (χ1n) is 13.5. The SMILES string of the molecule is CCc1ccc(-c2ccc(C(F)(F)F)c(N(C)CCCOc3ccc4c(c3)CC[C@H]4C(CC)C(=O)O)n2)cc1. The van der Waals surface area contributed by atoms with Crippen molar-refractivity contribution >= 4 is 11.8 Å². The summed E-state index contributed by atoms with van der Waals surface area (Å²) in [5.74, 6) is -0.555. The summed E-state index contributed by atoms with van der Waals surface area (Å²) in [5, 5.41) is 9.54. The summed E-state index contributed by atoms with van der Waals surface area (Å²) in [7, 11) is 1.61. The Morgan fingerprint density at radius 3 is 2.51 bits per heavy atom. The fraction of sp³-hybridized carbons (Fsp3) is 0.419. The molecule has 0 saturated heterocycles. The third-order valence-corrected chi connectivity index (χ3v) is 7.59. The number of aromatic nitrogens is 1. The van der Waals surface area contributed by atoms with Gasteiger partial charge < -0.3 is 14.7 Å². The molecule has 1 unspecified atom stereocenters. The first kappa shape index (κ1) is 28.5. The molecule has 8 heteroatoms. The van der Waals surface area contributed by atoms with Crippen LogP contribution in [0.25, 0.3) is 11.3 Å². The van der Waals surface area contributed by atoms with Crippen molar-refractivity contribution in [3.05, 3.63) is 76.9 Å². The van der Waals surface area contributed by atoms with Gasteiger partial charge in [0.1, 0.15) is 11.6 Å². The van der Waals surface area contributed by atoms with Crippen molar-refractivity contribution in [2.45, 2.75) is 58.0 Å². The molecule has 0 aliphatic heterocycles. The van der Waals surface area contributed by atoms with Crippen LogP contribution >= 0.6 is 0 Å². The molecule has 2 atom stereocenters. The van der Waals surface area contributed by atoms with Gasteiger partial charge in [-0.1, -0.05) is 44.2 Å². The van der Waals surface area contributed by atoms with Crippen LogP contribution in [0.15, 0.2) is 54.6 Å². The summed E-state index contributed by atoms with van der Waals surface area (Å²) in [5.41, 5.74) is 3.83. The molecular formula is C31H35F3N2O3. The molecule has 1 heterocycles. The molecule has 1 N–H and O–H groups in total. The Morgan fingerprint density at radius 2 is 1.87 bits per heavy atom. The third-order valence-electron chi connectivity index (χ3n) is 7.59. The van der Waals surface area contributed by atoms with Gasteiger partial charge in [0, 0.05) is 19.2 Å². The molecule has 4 rings (SSSR count). The number of ether oxygens (including phenoxy) is 1. The van der Waals surface area contributed by atoms with Gasteiger partial charge in [-0.3, -0.25) is 4.79 Å². The van der Waals surface area contributed by atoms with Gasteiger partial charge >= 0.3 is 12.1 Å². The number of rotatable bonds is 11. The Morgan fingerprint density at radius 1 is 1.13 bits per heavy atom. The normalized spacial score (nSPS) is 15.6.